The van der Waals surface area contributed by atoms with Gasteiger partial charge in [-0.3, -0.25) is 4.90 Å². The summed E-state index contributed by atoms with van der Waals surface area (Å²) in [6.45, 7) is 6.97. The molecule has 0 aliphatic heterocycles. The van der Waals surface area contributed by atoms with E-state index in [1.165, 1.54) is 55.2 Å². The summed E-state index contributed by atoms with van der Waals surface area (Å²) in [6.07, 6.45) is 7.05. The topological polar surface area (TPSA) is 3.24 Å². The molecule has 0 bridgehead atoms. The fourth-order valence-corrected chi connectivity index (χ4v) is 4.96. The van der Waals surface area contributed by atoms with Gasteiger partial charge < -0.3 is 0 Å². The van der Waals surface area contributed by atoms with Gasteiger partial charge in [-0.1, -0.05) is 131 Å². The van der Waals surface area contributed by atoms with Crippen LogP contribution in [0.3, 0.4) is 0 Å². The van der Waals surface area contributed by atoms with Gasteiger partial charge in [-0.15, -0.1) is 0 Å². The van der Waals surface area contributed by atoms with Gasteiger partial charge in [0.1, 0.15) is 0 Å². The molecule has 1 nitrogen and oxygen atoms in total. The van der Waals surface area contributed by atoms with Crippen LogP contribution in [-0.2, 0) is 0 Å². The van der Waals surface area contributed by atoms with Gasteiger partial charge in [0.25, 0.3) is 0 Å². The first-order chi connectivity index (χ1) is 15.3. The van der Waals surface area contributed by atoms with Gasteiger partial charge in [0.2, 0.25) is 0 Å². The quantitative estimate of drug-likeness (QED) is 0.286. The molecular formula is C30H39N. The smallest absolute Gasteiger partial charge is 0.0360 e. The highest BCUT2D eigenvalue weighted by Crippen LogP contribution is 2.44. The fraction of sp³-hybridized carbons (Fsp3) is 0.400. The number of benzene rings is 3. The number of hydrogen-bond acceptors (Lipinski definition) is 1. The minimum absolute atomic E-state index is 0.403. The predicted molar refractivity (Wildman–Crippen MR) is 134 cm³/mol. The molecule has 0 aliphatic carbocycles. The molecule has 1 heteroatoms. The van der Waals surface area contributed by atoms with E-state index < -0.39 is 0 Å². The maximum atomic E-state index is 2.87. The summed E-state index contributed by atoms with van der Waals surface area (Å²) in [5.41, 5.74) is 4.33. The molecule has 3 unspecified atom stereocenters. The molecule has 3 aromatic carbocycles. The lowest BCUT2D eigenvalue weighted by molar-refractivity contribution is 0.0577. The van der Waals surface area contributed by atoms with E-state index >= 15 is 0 Å². The Bertz CT molecular complexity index is 726. The summed E-state index contributed by atoms with van der Waals surface area (Å²) in [5, 5.41) is 0. The standard InChI is InChI=1S/C30H39N/c1-4-16-28(25-19-10-7-11-20-25)31(29(17-5-2)26-21-12-8-13-22-26)30(18-6-3)27-23-14-9-15-24-27/h7-15,19-24,28-30H,4-6,16-18H2,1-3H3. The van der Waals surface area contributed by atoms with Crippen molar-refractivity contribution in [1.82, 2.24) is 4.90 Å². The fourth-order valence-electron chi connectivity index (χ4n) is 4.96. The van der Waals surface area contributed by atoms with E-state index in [2.05, 4.69) is 117 Å². The van der Waals surface area contributed by atoms with E-state index in [0.29, 0.717) is 18.1 Å². The molecule has 0 saturated carbocycles. The molecule has 0 saturated heterocycles. The van der Waals surface area contributed by atoms with E-state index in [-0.39, 0.29) is 0 Å². The normalized spacial score (nSPS) is 14.3. The summed E-state index contributed by atoms with van der Waals surface area (Å²) in [7, 11) is 0. The highest BCUT2D eigenvalue weighted by atomic mass is 15.2. The highest BCUT2D eigenvalue weighted by molar-refractivity contribution is 5.27. The van der Waals surface area contributed by atoms with Crippen LogP contribution in [-0.4, -0.2) is 4.90 Å². The van der Waals surface area contributed by atoms with Crippen LogP contribution in [0, 0.1) is 0 Å². The molecule has 0 spiro atoms. The van der Waals surface area contributed by atoms with E-state index in [1.807, 2.05) is 0 Å². The monoisotopic (exact) mass is 413 g/mol. The Labute approximate surface area is 190 Å². The molecule has 164 valence electrons. The van der Waals surface area contributed by atoms with Crippen molar-refractivity contribution in [3.8, 4) is 0 Å². The molecule has 0 aromatic heterocycles. The van der Waals surface area contributed by atoms with Crippen LogP contribution in [0.2, 0.25) is 0 Å². The maximum Gasteiger partial charge on any atom is 0.0360 e. The van der Waals surface area contributed by atoms with E-state index in [9.17, 15) is 0 Å². The molecule has 0 radical (unpaired) electrons. The van der Waals surface area contributed by atoms with Gasteiger partial charge in [-0.05, 0) is 36.0 Å². The molecule has 3 atom stereocenters. The van der Waals surface area contributed by atoms with Crippen molar-refractivity contribution in [2.24, 2.45) is 0 Å². The first-order valence-corrected chi connectivity index (χ1v) is 12.2. The first kappa shape index (κ1) is 23.3. The molecule has 0 aliphatic rings. The zero-order valence-corrected chi connectivity index (χ0v) is 19.6. The Morgan fingerprint density at radius 3 is 0.935 bits per heavy atom. The van der Waals surface area contributed by atoms with Crippen molar-refractivity contribution in [1.29, 1.82) is 0 Å². The zero-order valence-electron chi connectivity index (χ0n) is 19.6. The Kier molecular flexibility index (Phi) is 9.37. The van der Waals surface area contributed by atoms with Crippen molar-refractivity contribution in [2.45, 2.75) is 77.4 Å². The predicted octanol–water partition coefficient (Wildman–Crippen LogP) is 8.91. The SMILES string of the molecule is CCCC(c1ccccc1)N(C(CCC)c1ccccc1)C(CCC)c1ccccc1. The Morgan fingerprint density at radius 1 is 0.452 bits per heavy atom. The van der Waals surface area contributed by atoms with Crippen LogP contribution in [0.15, 0.2) is 91.0 Å². The van der Waals surface area contributed by atoms with Gasteiger partial charge in [0.05, 0.1) is 0 Å². The minimum Gasteiger partial charge on any atom is -0.282 e. The highest BCUT2D eigenvalue weighted by Gasteiger charge is 2.34. The number of hydrogen-bond donors (Lipinski definition) is 0. The summed E-state index contributed by atoms with van der Waals surface area (Å²) in [6, 6.07) is 34.8. The van der Waals surface area contributed by atoms with Gasteiger partial charge >= 0.3 is 0 Å². The largest absolute Gasteiger partial charge is 0.282 e. The summed E-state index contributed by atoms with van der Waals surface area (Å²) in [4.78, 5) is 2.87. The molecule has 0 N–H and O–H groups in total. The lowest BCUT2D eigenvalue weighted by Crippen LogP contribution is -2.36. The molecule has 31 heavy (non-hydrogen) atoms. The van der Waals surface area contributed by atoms with Crippen LogP contribution in [0.5, 0.6) is 0 Å². The summed E-state index contributed by atoms with van der Waals surface area (Å²) >= 11 is 0. The lowest BCUT2D eigenvalue weighted by Gasteiger charge is -2.44. The second kappa shape index (κ2) is 12.5. The van der Waals surface area contributed by atoms with Gasteiger partial charge in [0, 0.05) is 18.1 Å². The van der Waals surface area contributed by atoms with E-state index in [0.717, 1.165) is 0 Å². The van der Waals surface area contributed by atoms with Crippen LogP contribution >= 0.6 is 0 Å². The third kappa shape index (κ3) is 6.08. The van der Waals surface area contributed by atoms with E-state index in [1.54, 1.807) is 0 Å². The summed E-state index contributed by atoms with van der Waals surface area (Å²) < 4.78 is 0. The second-order valence-corrected chi connectivity index (χ2v) is 8.59. The van der Waals surface area contributed by atoms with Crippen molar-refractivity contribution in [2.75, 3.05) is 0 Å². The molecule has 0 fully saturated rings. The van der Waals surface area contributed by atoms with Gasteiger partial charge in [0.15, 0.2) is 0 Å². The molecule has 3 rings (SSSR count). The Hall–Kier alpha value is -2.38. The van der Waals surface area contributed by atoms with Gasteiger partial charge in [-0.2, -0.15) is 0 Å². The lowest BCUT2D eigenvalue weighted by atomic mass is 9.88. The Balaban J connectivity index is 2.17. The minimum atomic E-state index is 0.403. The Morgan fingerprint density at radius 2 is 0.710 bits per heavy atom. The number of nitrogens with zero attached hydrogens (tertiary/aromatic N) is 1. The second-order valence-electron chi connectivity index (χ2n) is 8.59. The molecule has 0 amide bonds. The maximum absolute atomic E-state index is 2.87. The third-order valence-corrected chi connectivity index (χ3v) is 6.32. The molecule has 3 aromatic rings. The van der Waals surface area contributed by atoms with Crippen LogP contribution in [0.25, 0.3) is 0 Å². The zero-order chi connectivity index (χ0) is 21.9. The van der Waals surface area contributed by atoms with Gasteiger partial charge in [-0.25, -0.2) is 0 Å². The van der Waals surface area contributed by atoms with Crippen molar-refractivity contribution < 1.29 is 0 Å². The average molecular weight is 414 g/mol. The van der Waals surface area contributed by atoms with Crippen molar-refractivity contribution in [3.63, 3.8) is 0 Å². The summed E-state index contributed by atoms with van der Waals surface area (Å²) in [5.74, 6) is 0. The van der Waals surface area contributed by atoms with Crippen molar-refractivity contribution >= 4 is 0 Å². The third-order valence-electron chi connectivity index (χ3n) is 6.32. The average Bonchev–Trinajstić information content (AvgIpc) is 2.84. The molecular weight excluding hydrogens is 374 g/mol. The van der Waals surface area contributed by atoms with E-state index in [4.69, 9.17) is 0 Å². The van der Waals surface area contributed by atoms with Crippen LogP contribution in [0.1, 0.15) is 94.1 Å². The van der Waals surface area contributed by atoms with Crippen molar-refractivity contribution in [3.05, 3.63) is 108 Å². The number of rotatable bonds is 12. The molecule has 0 heterocycles. The first-order valence-electron chi connectivity index (χ1n) is 12.2. The van der Waals surface area contributed by atoms with Crippen LogP contribution < -0.4 is 0 Å². The van der Waals surface area contributed by atoms with Crippen LogP contribution in [0.4, 0.5) is 0 Å².